The molecule has 0 aliphatic carbocycles. The largest absolute Gasteiger partial charge is 0.472 e. The molecular weight excluding hydrogens is 726 g/mol. The zero-order valence-corrected chi connectivity index (χ0v) is 28.1. The number of nitrogens with two attached hydrogens (primary N) is 2. The van der Waals surface area contributed by atoms with E-state index < -0.39 is 70.2 Å². The highest BCUT2D eigenvalue weighted by Crippen LogP contribution is 2.51. The molecule has 11 N–H and O–H groups in total. The predicted molar refractivity (Wildman–Crippen MR) is 169 cm³/mol. The van der Waals surface area contributed by atoms with Crippen molar-refractivity contribution in [2.75, 3.05) is 24.7 Å². The number of H-pyrrole nitrogens is 2. The second-order valence-corrected chi connectivity index (χ2v) is 15.6. The molecule has 0 bridgehead atoms. The van der Waals surface area contributed by atoms with Gasteiger partial charge in [-0.15, -0.1) is 0 Å². The lowest BCUT2D eigenvalue weighted by molar-refractivity contribution is -0.101. The second-order valence-electron chi connectivity index (χ2n) is 10.8. The number of hydrogen-bond donors (Lipinski definition) is 9. The molecule has 2 aliphatic rings. The van der Waals surface area contributed by atoms with E-state index in [4.69, 9.17) is 58.9 Å². The molecular formula is C21H28N10O11P2S3. The molecule has 0 amide bonds. The summed E-state index contributed by atoms with van der Waals surface area (Å²) in [5.74, 6) is -0.0163. The van der Waals surface area contributed by atoms with Crippen molar-refractivity contribution in [1.29, 1.82) is 0 Å². The topological polar surface area (TPSA) is 309 Å². The van der Waals surface area contributed by atoms with Crippen LogP contribution in [0, 0.1) is 9.28 Å². The molecule has 2 aliphatic heterocycles. The van der Waals surface area contributed by atoms with Gasteiger partial charge in [0.05, 0.1) is 25.9 Å². The maximum atomic E-state index is 13.2. The highest BCUT2D eigenvalue weighted by molar-refractivity contribution is 8.06. The van der Waals surface area contributed by atoms with Crippen LogP contribution in [0.3, 0.4) is 0 Å². The lowest BCUT2D eigenvalue weighted by atomic mass is 10.1. The molecule has 4 aromatic heterocycles. The van der Waals surface area contributed by atoms with Crippen LogP contribution in [0.2, 0.25) is 0 Å². The molecule has 6 rings (SSSR count). The Morgan fingerprint density at radius 1 is 1.00 bits per heavy atom. The van der Waals surface area contributed by atoms with Crippen LogP contribution in [0.5, 0.6) is 0 Å². The van der Waals surface area contributed by atoms with Crippen LogP contribution in [0.4, 0.5) is 11.9 Å². The van der Waals surface area contributed by atoms with Gasteiger partial charge in [0, 0.05) is 6.42 Å². The zero-order chi connectivity index (χ0) is 34.1. The zero-order valence-electron chi connectivity index (χ0n) is 23.9. The van der Waals surface area contributed by atoms with E-state index in [1.54, 1.807) is 6.92 Å². The van der Waals surface area contributed by atoms with E-state index in [0.717, 1.165) is 0 Å². The van der Waals surface area contributed by atoms with E-state index in [9.17, 15) is 29.5 Å². The molecule has 2 saturated heterocycles. The number of imidazole rings is 2. The Labute approximate surface area is 278 Å². The number of aliphatic hydroxyl groups excluding tert-OH is 2. The number of fused-ring (bicyclic) bond motifs is 2. The Hall–Kier alpha value is -2.38. The maximum absolute atomic E-state index is 13.2. The maximum Gasteiger partial charge on any atom is 0.472 e. The summed E-state index contributed by atoms with van der Waals surface area (Å²) >= 11 is 14.9. The molecule has 4 aromatic rings. The number of nitrogens with zero attached hydrogens (tertiary/aromatic N) is 6. The summed E-state index contributed by atoms with van der Waals surface area (Å²) in [7, 11) is -4.96. The quantitative estimate of drug-likeness (QED) is 0.0758. The van der Waals surface area contributed by atoms with Crippen molar-refractivity contribution in [3.05, 3.63) is 21.9 Å². The van der Waals surface area contributed by atoms with Crippen molar-refractivity contribution in [3.63, 3.8) is 0 Å². The van der Waals surface area contributed by atoms with Gasteiger partial charge < -0.3 is 60.3 Å². The average molecular weight is 755 g/mol. The van der Waals surface area contributed by atoms with Gasteiger partial charge >= 0.3 is 14.5 Å². The van der Waals surface area contributed by atoms with E-state index in [0.29, 0.717) is 11.2 Å². The molecule has 2 fully saturated rings. The van der Waals surface area contributed by atoms with E-state index in [1.807, 2.05) is 0 Å². The fraction of sp³-hybridized carbons (Fsp3) is 0.524. The number of phosphoric ester groups is 1. The van der Waals surface area contributed by atoms with Gasteiger partial charge in [0.25, 0.3) is 0 Å². The molecule has 0 saturated carbocycles. The number of anilines is 2. The summed E-state index contributed by atoms with van der Waals surface area (Å²) in [5.41, 5.74) is 11.4. The van der Waals surface area contributed by atoms with Crippen LogP contribution < -0.4 is 11.5 Å². The van der Waals surface area contributed by atoms with E-state index >= 15 is 0 Å². The van der Waals surface area contributed by atoms with Crippen LogP contribution >= 0.6 is 39.0 Å². The van der Waals surface area contributed by atoms with Gasteiger partial charge in [-0.25, -0.2) is 24.5 Å². The summed E-state index contributed by atoms with van der Waals surface area (Å²) < 4.78 is 43.8. The van der Waals surface area contributed by atoms with Crippen molar-refractivity contribution in [2.24, 2.45) is 0 Å². The fourth-order valence-electron chi connectivity index (χ4n) is 5.43. The molecule has 0 radical (unpaired) electrons. The molecule has 6 heterocycles. The third kappa shape index (κ3) is 6.90. The molecule has 0 spiro atoms. The van der Waals surface area contributed by atoms with Gasteiger partial charge in [0.1, 0.15) is 58.6 Å². The van der Waals surface area contributed by atoms with Gasteiger partial charge in [-0.2, -0.15) is 0 Å². The van der Waals surface area contributed by atoms with Crippen molar-refractivity contribution >= 4 is 85.0 Å². The van der Waals surface area contributed by atoms with Crippen molar-refractivity contribution in [2.45, 2.75) is 55.8 Å². The van der Waals surface area contributed by atoms with Crippen molar-refractivity contribution < 1.29 is 52.5 Å². The third-order valence-electron chi connectivity index (χ3n) is 7.50. The van der Waals surface area contributed by atoms with Crippen molar-refractivity contribution in [1.82, 2.24) is 39.0 Å². The lowest BCUT2D eigenvalue weighted by Crippen LogP contribution is -2.34. The standard InChI is InChI=1S/C21H28N10O11P2S3/c1-21(31-6-25-11-15(31)27-20(23)29-17(11)46)2-7(8(41-21)3-39-44(36,37)47)42-43(34,35)38-4-9-12(32)13(33)18(40-9)30-5-24-10-14(30)26-19(22)28-16(10)45/h5-9,12-13,18,32-33H,2-4H2,1H3,(H,34,35)(H2,36,37,47)(H3,22,26,28,45)(H3,23,27,29,46)/t7?,8-,9-,12?,13?,18-,21?/m1/s1. The average Bonchev–Trinajstić information content (AvgIpc) is 3.71. The number of ether oxygens (including phenoxy) is 2. The monoisotopic (exact) mass is 754 g/mol. The Morgan fingerprint density at radius 2 is 1.60 bits per heavy atom. The summed E-state index contributed by atoms with van der Waals surface area (Å²) in [6, 6.07) is 0. The highest BCUT2D eigenvalue weighted by atomic mass is 32.5. The number of rotatable bonds is 10. The van der Waals surface area contributed by atoms with Gasteiger partial charge in [0.15, 0.2) is 27.4 Å². The lowest BCUT2D eigenvalue weighted by Gasteiger charge is -2.26. The molecule has 8 atom stereocenters. The van der Waals surface area contributed by atoms with Gasteiger partial charge in [-0.05, 0) is 18.7 Å². The molecule has 21 nitrogen and oxygen atoms in total. The van der Waals surface area contributed by atoms with E-state index in [1.165, 1.54) is 21.8 Å². The number of aromatic amines is 2. The summed E-state index contributed by atoms with van der Waals surface area (Å²) in [6.07, 6.45) is -5.52. The molecule has 0 aromatic carbocycles. The number of nitrogens with one attached hydrogen (secondary N) is 2. The normalized spacial score (nSPS) is 29.6. The first-order valence-corrected chi connectivity index (χ1v) is 18.4. The van der Waals surface area contributed by atoms with E-state index in [-0.39, 0.29) is 38.8 Å². The third-order valence-corrected chi connectivity index (χ3v) is 9.89. The molecule has 5 unspecified atom stereocenters. The first kappa shape index (κ1) is 34.5. The van der Waals surface area contributed by atoms with Crippen LogP contribution in [0.15, 0.2) is 12.7 Å². The minimum absolute atomic E-state index is 0.00217. The van der Waals surface area contributed by atoms with E-state index in [2.05, 4.69) is 41.7 Å². The van der Waals surface area contributed by atoms with Crippen LogP contribution in [-0.4, -0.2) is 108 Å². The number of aromatic nitrogens is 8. The van der Waals surface area contributed by atoms with Crippen LogP contribution in [0.25, 0.3) is 22.3 Å². The fourth-order valence-corrected chi connectivity index (χ4v) is 7.40. The van der Waals surface area contributed by atoms with Crippen LogP contribution in [-0.2, 0) is 45.1 Å². The minimum Gasteiger partial charge on any atom is -0.387 e. The number of aliphatic hydroxyl groups is 2. The predicted octanol–water partition coefficient (Wildman–Crippen LogP) is -0.0355. The second kappa shape index (κ2) is 12.5. The Kier molecular flexibility index (Phi) is 9.17. The van der Waals surface area contributed by atoms with Gasteiger partial charge in [0.2, 0.25) is 0 Å². The summed E-state index contributed by atoms with van der Waals surface area (Å²) in [5, 5.41) is 21.4. The minimum atomic E-state index is -4.96. The molecule has 256 valence electrons. The Morgan fingerprint density at radius 3 is 2.26 bits per heavy atom. The first-order valence-electron chi connectivity index (χ1n) is 13.5. The number of phosphoric acid groups is 1. The first-order chi connectivity index (χ1) is 21.9. The number of nitrogen functional groups attached to an aromatic ring is 2. The summed E-state index contributed by atoms with van der Waals surface area (Å²) in [4.78, 5) is 51.9. The Balaban J connectivity index is 1.19. The van der Waals surface area contributed by atoms with Gasteiger partial charge in [-0.3, -0.25) is 18.2 Å². The molecule has 47 heavy (non-hydrogen) atoms. The Bertz CT molecular complexity index is 2050. The number of hydrogen-bond acceptors (Lipinski definition) is 17. The smallest absolute Gasteiger partial charge is 0.387 e. The van der Waals surface area contributed by atoms with Crippen LogP contribution in [0.1, 0.15) is 19.6 Å². The summed E-state index contributed by atoms with van der Waals surface area (Å²) in [6.45, 7) is -3.80. The van der Waals surface area contributed by atoms with Gasteiger partial charge in [-0.1, -0.05) is 24.4 Å². The molecule has 26 heteroatoms. The van der Waals surface area contributed by atoms with Crippen molar-refractivity contribution in [3.8, 4) is 0 Å². The SMILES string of the molecule is CC1(n2cnc3c(=S)nc(N)[nH]c32)CC(OP(=O)(O)OC[C@H]2O[C@@H](n3cnc4c(=S)nc(N)[nH]c43)C(O)C2O)[C@@H](COP(O)(O)=S)O1. The highest BCUT2D eigenvalue weighted by Gasteiger charge is 2.50.